The van der Waals surface area contributed by atoms with Crippen molar-refractivity contribution in [1.29, 1.82) is 0 Å². The van der Waals surface area contributed by atoms with E-state index in [-0.39, 0.29) is 17.0 Å². The quantitative estimate of drug-likeness (QED) is 0.669. The largest absolute Gasteiger partial charge is 0.338 e. The van der Waals surface area contributed by atoms with Gasteiger partial charge in [0.1, 0.15) is 5.65 Å². The number of fused-ring (bicyclic) bond motifs is 1. The summed E-state index contributed by atoms with van der Waals surface area (Å²) in [5.74, 6) is 1.42. The Morgan fingerprint density at radius 1 is 1.14 bits per heavy atom. The van der Waals surface area contributed by atoms with Gasteiger partial charge >= 0.3 is 0 Å². The highest BCUT2D eigenvalue weighted by Gasteiger charge is 2.28. The van der Waals surface area contributed by atoms with Crippen LogP contribution in [-0.4, -0.2) is 55.5 Å². The lowest BCUT2D eigenvalue weighted by Crippen LogP contribution is -2.46. The maximum absolute atomic E-state index is 12.3. The van der Waals surface area contributed by atoms with Crippen LogP contribution in [-0.2, 0) is 12.0 Å². The molecule has 1 aliphatic heterocycles. The van der Waals surface area contributed by atoms with E-state index in [1.165, 1.54) is 0 Å². The summed E-state index contributed by atoms with van der Waals surface area (Å²) in [7, 11) is 0. The Kier molecular flexibility index (Phi) is 5.23. The summed E-state index contributed by atoms with van der Waals surface area (Å²) in [4.78, 5) is 26.2. The van der Waals surface area contributed by atoms with Gasteiger partial charge in [-0.1, -0.05) is 32.0 Å². The molecule has 4 heterocycles. The average Bonchev–Trinajstić information content (AvgIpc) is 3.19. The van der Waals surface area contributed by atoms with Crippen molar-refractivity contribution in [3.63, 3.8) is 0 Å². The molecule has 8 heteroatoms. The number of hydrogen-bond donors (Lipinski definition) is 0. The fraction of sp³-hybridized carbons (Fsp3) is 0.524. The molecule has 0 N–H and O–H groups in total. The third kappa shape index (κ3) is 4.23. The molecule has 0 amide bonds. The zero-order valence-corrected chi connectivity index (χ0v) is 17.5. The van der Waals surface area contributed by atoms with Crippen molar-refractivity contribution >= 4 is 5.65 Å². The van der Waals surface area contributed by atoms with E-state index in [1.807, 2.05) is 18.2 Å². The molecule has 29 heavy (non-hydrogen) atoms. The summed E-state index contributed by atoms with van der Waals surface area (Å²) < 4.78 is 7.09. The number of piperazine rings is 1. The molecule has 1 fully saturated rings. The van der Waals surface area contributed by atoms with Gasteiger partial charge in [0.25, 0.3) is 5.56 Å². The van der Waals surface area contributed by atoms with Gasteiger partial charge in [-0.05, 0) is 19.1 Å². The van der Waals surface area contributed by atoms with Crippen LogP contribution in [0.4, 0.5) is 0 Å². The Balaban J connectivity index is 1.38. The maximum Gasteiger partial charge on any atom is 0.258 e. The number of aromatic nitrogens is 4. The van der Waals surface area contributed by atoms with Crippen LogP contribution in [0.15, 0.2) is 39.8 Å². The Morgan fingerprint density at radius 3 is 2.59 bits per heavy atom. The molecule has 0 bridgehead atoms. The maximum atomic E-state index is 12.3. The summed E-state index contributed by atoms with van der Waals surface area (Å²) in [6.45, 7) is 12.6. The first kappa shape index (κ1) is 19.7. The highest BCUT2D eigenvalue weighted by Crippen LogP contribution is 2.24. The first-order valence-corrected chi connectivity index (χ1v) is 10.1. The monoisotopic (exact) mass is 396 g/mol. The summed E-state index contributed by atoms with van der Waals surface area (Å²) in [5, 5.41) is 4.14. The summed E-state index contributed by atoms with van der Waals surface area (Å²) >= 11 is 0. The molecule has 1 atom stereocenters. The fourth-order valence-corrected chi connectivity index (χ4v) is 3.59. The lowest BCUT2D eigenvalue weighted by Gasteiger charge is -2.36. The smallest absolute Gasteiger partial charge is 0.258 e. The molecule has 3 aromatic heterocycles. The van der Waals surface area contributed by atoms with E-state index in [2.05, 4.69) is 52.6 Å². The highest BCUT2D eigenvalue weighted by atomic mass is 16.5. The second kappa shape index (κ2) is 7.68. The zero-order valence-electron chi connectivity index (χ0n) is 17.5. The SMILES string of the molecule is C[C@@H](c1nc(C(C)(C)C)no1)N1CCN(Cc2cc(=O)n3ccccc3n2)CC1. The van der Waals surface area contributed by atoms with Crippen molar-refractivity contribution in [1.82, 2.24) is 29.3 Å². The normalized spacial score (nSPS) is 17.7. The average molecular weight is 396 g/mol. The Morgan fingerprint density at radius 2 is 1.90 bits per heavy atom. The minimum Gasteiger partial charge on any atom is -0.338 e. The van der Waals surface area contributed by atoms with E-state index in [0.29, 0.717) is 18.1 Å². The minimum atomic E-state index is -0.119. The molecule has 4 rings (SSSR count). The van der Waals surface area contributed by atoms with Crippen molar-refractivity contribution < 1.29 is 4.52 Å². The molecular weight excluding hydrogens is 368 g/mol. The molecule has 0 spiro atoms. The molecule has 0 aliphatic carbocycles. The van der Waals surface area contributed by atoms with Crippen LogP contribution in [0, 0.1) is 0 Å². The molecule has 0 aromatic carbocycles. The second-order valence-electron chi connectivity index (χ2n) is 8.71. The van der Waals surface area contributed by atoms with E-state index >= 15 is 0 Å². The van der Waals surface area contributed by atoms with Crippen LogP contribution in [0.1, 0.15) is 51.1 Å². The van der Waals surface area contributed by atoms with E-state index in [0.717, 1.165) is 37.7 Å². The van der Waals surface area contributed by atoms with Crippen molar-refractivity contribution in [3.8, 4) is 0 Å². The lowest BCUT2D eigenvalue weighted by atomic mass is 9.96. The molecule has 8 nitrogen and oxygen atoms in total. The van der Waals surface area contributed by atoms with Crippen molar-refractivity contribution in [2.45, 2.75) is 45.7 Å². The van der Waals surface area contributed by atoms with Gasteiger partial charge in [0.15, 0.2) is 5.82 Å². The van der Waals surface area contributed by atoms with Gasteiger partial charge in [0, 0.05) is 50.4 Å². The van der Waals surface area contributed by atoms with E-state index in [9.17, 15) is 4.79 Å². The lowest BCUT2D eigenvalue weighted by molar-refractivity contribution is 0.0838. The molecule has 154 valence electrons. The van der Waals surface area contributed by atoms with Crippen molar-refractivity contribution in [2.75, 3.05) is 26.2 Å². The third-order valence-electron chi connectivity index (χ3n) is 5.43. The van der Waals surface area contributed by atoms with Gasteiger partial charge in [0.2, 0.25) is 5.89 Å². The van der Waals surface area contributed by atoms with Crippen molar-refractivity contribution in [2.24, 2.45) is 0 Å². The molecular formula is C21H28N6O2. The number of rotatable bonds is 4. The number of hydrogen-bond acceptors (Lipinski definition) is 7. The minimum absolute atomic E-state index is 0.0381. The van der Waals surface area contributed by atoms with E-state index < -0.39 is 0 Å². The summed E-state index contributed by atoms with van der Waals surface area (Å²) in [6, 6.07) is 7.32. The van der Waals surface area contributed by atoms with Crippen LogP contribution in [0.3, 0.4) is 0 Å². The predicted molar refractivity (Wildman–Crippen MR) is 110 cm³/mol. The number of nitrogens with zero attached hydrogens (tertiary/aromatic N) is 6. The van der Waals surface area contributed by atoms with Gasteiger partial charge < -0.3 is 4.52 Å². The van der Waals surface area contributed by atoms with Crippen molar-refractivity contribution in [3.05, 3.63) is 58.2 Å². The standard InChI is InChI=1S/C21H28N6O2/c1-15(19-23-20(24-29-19)21(2,3)4)26-11-9-25(10-12-26)14-16-13-18(28)27-8-6-5-7-17(27)22-16/h5-8,13,15H,9-12,14H2,1-4H3/t15-/m0/s1. The van der Waals surface area contributed by atoms with Crippen LogP contribution >= 0.6 is 0 Å². The Hall–Kier alpha value is -2.58. The second-order valence-corrected chi connectivity index (χ2v) is 8.71. The van der Waals surface area contributed by atoms with Gasteiger partial charge in [0.05, 0.1) is 11.7 Å². The van der Waals surface area contributed by atoms with Gasteiger partial charge in [-0.3, -0.25) is 19.0 Å². The fourth-order valence-electron chi connectivity index (χ4n) is 3.59. The van der Waals surface area contributed by atoms with Crippen LogP contribution in [0.5, 0.6) is 0 Å². The van der Waals surface area contributed by atoms with Crippen LogP contribution in [0.2, 0.25) is 0 Å². The predicted octanol–water partition coefficient (Wildman–Crippen LogP) is 2.25. The van der Waals surface area contributed by atoms with Gasteiger partial charge in [-0.15, -0.1) is 0 Å². The number of pyridine rings is 1. The zero-order chi connectivity index (χ0) is 20.6. The summed E-state index contributed by atoms with van der Waals surface area (Å²) in [6.07, 6.45) is 1.75. The summed E-state index contributed by atoms with van der Waals surface area (Å²) in [5.41, 5.74) is 1.35. The van der Waals surface area contributed by atoms with Crippen LogP contribution < -0.4 is 5.56 Å². The highest BCUT2D eigenvalue weighted by molar-refractivity contribution is 5.37. The van der Waals surface area contributed by atoms with Gasteiger partial charge in [-0.25, -0.2) is 4.98 Å². The van der Waals surface area contributed by atoms with Gasteiger partial charge in [-0.2, -0.15) is 4.98 Å². The first-order chi connectivity index (χ1) is 13.8. The van der Waals surface area contributed by atoms with E-state index in [1.54, 1.807) is 16.7 Å². The Labute approximate surface area is 170 Å². The van der Waals surface area contributed by atoms with Crippen LogP contribution in [0.25, 0.3) is 5.65 Å². The molecule has 3 aromatic rings. The first-order valence-electron chi connectivity index (χ1n) is 10.1. The third-order valence-corrected chi connectivity index (χ3v) is 5.43. The van der Waals surface area contributed by atoms with E-state index in [4.69, 9.17) is 4.52 Å². The molecule has 0 unspecified atom stereocenters. The topological polar surface area (TPSA) is 79.8 Å². The Bertz CT molecular complexity index is 1040. The molecule has 0 radical (unpaired) electrons. The molecule has 1 saturated heterocycles. The molecule has 1 aliphatic rings. The molecule has 0 saturated carbocycles.